The summed E-state index contributed by atoms with van der Waals surface area (Å²) < 4.78 is 52.1. The molecule has 2 aromatic carbocycles. The Morgan fingerprint density at radius 2 is 1.43 bits per heavy atom. The topological polar surface area (TPSA) is 154 Å². The van der Waals surface area contributed by atoms with Gasteiger partial charge in [0.2, 0.25) is 12.4 Å². The predicted molar refractivity (Wildman–Crippen MR) is 140 cm³/mol. The van der Waals surface area contributed by atoms with Crippen LogP contribution in [0.1, 0.15) is 27.7 Å². The second-order valence-corrected chi connectivity index (χ2v) is 9.33. The van der Waals surface area contributed by atoms with Crippen LogP contribution < -0.4 is 10.2 Å². The molecule has 0 spiro atoms. The van der Waals surface area contributed by atoms with Crippen molar-refractivity contribution in [3.05, 3.63) is 64.8 Å². The second-order valence-electron chi connectivity index (χ2n) is 9.33. The highest BCUT2D eigenvalue weighted by molar-refractivity contribution is 5.82. The summed E-state index contributed by atoms with van der Waals surface area (Å²) in [6.07, 6.45) is -5.62. The first kappa shape index (κ1) is 30.2. The summed E-state index contributed by atoms with van der Waals surface area (Å²) in [5.74, 6) is -3.35. The van der Waals surface area contributed by atoms with Gasteiger partial charge in [0.25, 0.3) is 0 Å². The van der Waals surface area contributed by atoms with Gasteiger partial charge in [0.1, 0.15) is 36.1 Å². The quantitative estimate of drug-likeness (QED) is 0.281. The zero-order chi connectivity index (χ0) is 30.6. The van der Waals surface area contributed by atoms with Gasteiger partial charge in [0.15, 0.2) is 17.6 Å². The van der Waals surface area contributed by atoms with E-state index in [1.807, 2.05) is 0 Å². The minimum absolute atomic E-state index is 0.0982. The van der Waals surface area contributed by atoms with Crippen molar-refractivity contribution in [2.24, 2.45) is 0 Å². The monoisotopic (exact) mass is 586 g/mol. The van der Waals surface area contributed by atoms with Crippen LogP contribution in [0, 0.1) is 5.82 Å². The largest absolute Gasteiger partial charge is 0.463 e. The SMILES string of the molecule is CC(=O)OC[C@@H]1O[C@H](Oc2ccc3c(=O)c(-c4ccc(F)cc4)coc3c2)[C@@H](OC(C)=O)[C@@H](OC(C)=O)[C@@H]1OC(C)=O. The third-order valence-corrected chi connectivity index (χ3v) is 6.10. The van der Waals surface area contributed by atoms with E-state index in [1.165, 1.54) is 48.7 Å². The molecule has 1 aliphatic rings. The van der Waals surface area contributed by atoms with Crippen molar-refractivity contribution in [2.75, 3.05) is 6.61 Å². The Labute approximate surface area is 238 Å². The molecule has 1 aliphatic heterocycles. The molecule has 0 unspecified atom stereocenters. The Morgan fingerprint density at radius 1 is 0.810 bits per heavy atom. The Kier molecular flexibility index (Phi) is 9.21. The fourth-order valence-electron chi connectivity index (χ4n) is 4.43. The van der Waals surface area contributed by atoms with Crippen LogP contribution in [-0.2, 0) is 42.9 Å². The number of hydrogen-bond donors (Lipinski definition) is 0. The van der Waals surface area contributed by atoms with Crippen molar-refractivity contribution in [3.63, 3.8) is 0 Å². The highest BCUT2D eigenvalue weighted by atomic mass is 19.1. The minimum Gasteiger partial charge on any atom is -0.463 e. The molecular weight excluding hydrogens is 559 g/mol. The summed E-state index contributed by atoms with van der Waals surface area (Å²) in [6.45, 7) is 4.07. The zero-order valence-corrected chi connectivity index (χ0v) is 23.0. The van der Waals surface area contributed by atoms with Crippen molar-refractivity contribution in [3.8, 4) is 16.9 Å². The molecular formula is C29H27FO12. The molecule has 42 heavy (non-hydrogen) atoms. The highest BCUT2D eigenvalue weighted by Gasteiger charge is 2.53. The fourth-order valence-corrected chi connectivity index (χ4v) is 4.43. The maximum atomic E-state index is 13.3. The van der Waals surface area contributed by atoms with Crippen molar-refractivity contribution in [1.29, 1.82) is 0 Å². The smallest absolute Gasteiger partial charge is 0.303 e. The summed E-state index contributed by atoms with van der Waals surface area (Å²) in [7, 11) is 0. The van der Waals surface area contributed by atoms with E-state index in [1.54, 1.807) is 0 Å². The second kappa shape index (κ2) is 12.8. The van der Waals surface area contributed by atoms with Crippen molar-refractivity contribution >= 4 is 34.8 Å². The van der Waals surface area contributed by atoms with Crippen LogP contribution in [0.25, 0.3) is 22.1 Å². The van der Waals surface area contributed by atoms with Gasteiger partial charge in [-0.1, -0.05) is 12.1 Å². The maximum Gasteiger partial charge on any atom is 0.303 e. The minimum atomic E-state index is -1.46. The molecule has 222 valence electrons. The molecule has 13 heteroatoms. The number of hydrogen-bond acceptors (Lipinski definition) is 12. The molecule has 0 aliphatic carbocycles. The van der Waals surface area contributed by atoms with Gasteiger partial charge in [-0.3, -0.25) is 24.0 Å². The molecule has 12 nitrogen and oxygen atoms in total. The fraction of sp³-hybridized carbons (Fsp3) is 0.345. The van der Waals surface area contributed by atoms with Gasteiger partial charge in [-0.05, 0) is 29.8 Å². The molecule has 0 bridgehead atoms. The predicted octanol–water partition coefficient (Wildman–Crippen LogP) is 3.06. The van der Waals surface area contributed by atoms with Crippen LogP contribution in [0.2, 0.25) is 0 Å². The average molecular weight is 587 g/mol. The van der Waals surface area contributed by atoms with Gasteiger partial charge in [-0.2, -0.15) is 0 Å². The van der Waals surface area contributed by atoms with Crippen LogP contribution in [-0.4, -0.2) is 61.2 Å². The summed E-state index contributed by atoms with van der Waals surface area (Å²) >= 11 is 0. The number of halogens is 1. The van der Waals surface area contributed by atoms with E-state index < -0.39 is 67.0 Å². The molecule has 1 aromatic heterocycles. The molecule has 3 aromatic rings. The number of carbonyl (C=O) groups excluding carboxylic acids is 4. The van der Waals surface area contributed by atoms with Gasteiger partial charge < -0.3 is 32.8 Å². The first-order chi connectivity index (χ1) is 19.9. The van der Waals surface area contributed by atoms with E-state index in [0.717, 1.165) is 27.7 Å². The molecule has 0 saturated carbocycles. The lowest BCUT2D eigenvalue weighted by Crippen LogP contribution is -2.63. The van der Waals surface area contributed by atoms with Gasteiger partial charge >= 0.3 is 23.9 Å². The van der Waals surface area contributed by atoms with Crippen LogP contribution in [0.4, 0.5) is 4.39 Å². The van der Waals surface area contributed by atoms with Crippen LogP contribution >= 0.6 is 0 Å². The molecule has 1 saturated heterocycles. The summed E-state index contributed by atoms with van der Waals surface area (Å²) in [5, 5.41) is 0.200. The van der Waals surface area contributed by atoms with Gasteiger partial charge in [0.05, 0.1) is 10.9 Å². The molecule has 1 fully saturated rings. The van der Waals surface area contributed by atoms with Crippen LogP contribution in [0.3, 0.4) is 0 Å². The van der Waals surface area contributed by atoms with E-state index in [-0.39, 0.29) is 27.7 Å². The zero-order valence-electron chi connectivity index (χ0n) is 23.0. The van der Waals surface area contributed by atoms with E-state index in [0.29, 0.717) is 5.56 Å². The lowest BCUT2D eigenvalue weighted by atomic mass is 9.98. The summed E-state index contributed by atoms with van der Waals surface area (Å²) in [5.41, 5.74) is 0.441. The standard InChI is InChI=1S/C29H27FO12/c1-14(31)36-13-24-26(38-15(2)32)27(39-16(3)33)28(40-17(4)34)29(42-24)41-20-9-10-21-23(11-20)37-12-22(25(21)35)18-5-7-19(30)8-6-18/h5-12,24,26-29H,13H2,1-4H3/t24-,26+,27-,28-,29-/m0/s1. The lowest BCUT2D eigenvalue weighted by Gasteiger charge is -2.43. The van der Waals surface area contributed by atoms with E-state index in [2.05, 4.69) is 0 Å². The maximum absolute atomic E-state index is 13.3. The van der Waals surface area contributed by atoms with Crippen LogP contribution in [0.5, 0.6) is 5.75 Å². The number of carbonyl (C=O) groups is 4. The number of fused-ring (bicyclic) bond motifs is 1. The summed E-state index contributed by atoms with van der Waals surface area (Å²) in [4.78, 5) is 60.6. The summed E-state index contributed by atoms with van der Waals surface area (Å²) in [6, 6.07) is 9.62. The molecule has 0 N–H and O–H groups in total. The third-order valence-electron chi connectivity index (χ3n) is 6.10. The van der Waals surface area contributed by atoms with E-state index in [9.17, 15) is 28.4 Å². The first-order valence-corrected chi connectivity index (χ1v) is 12.7. The van der Waals surface area contributed by atoms with E-state index >= 15 is 0 Å². The lowest BCUT2D eigenvalue weighted by molar-refractivity contribution is -0.288. The first-order valence-electron chi connectivity index (χ1n) is 12.7. The number of esters is 4. The molecule has 4 rings (SSSR count). The molecule has 5 atom stereocenters. The normalized spacial score (nSPS) is 21.7. The highest BCUT2D eigenvalue weighted by Crippen LogP contribution is 2.32. The average Bonchev–Trinajstić information content (AvgIpc) is 2.91. The van der Waals surface area contributed by atoms with E-state index in [4.69, 9.17) is 32.8 Å². The van der Waals surface area contributed by atoms with Crippen LogP contribution in [0.15, 0.2) is 57.9 Å². The molecule has 0 amide bonds. The molecule has 0 radical (unpaired) electrons. The Bertz CT molecular complexity index is 1550. The van der Waals surface area contributed by atoms with Gasteiger partial charge in [-0.25, -0.2) is 4.39 Å². The molecule has 2 heterocycles. The van der Waals surface area contributed by atoms with Crippen molar-refractivity contribution in [2.45, 2.75) is 58.4 Å². The number of ether oxygens (including phenoxy) is 6. The number of rotatable bonds is 8. The Morgan fingerprint density at radius 3 is 2.05 bits per heavy atom. The van der Waals surface area contributed by atoms with Crippen molar-refractivity contribution in [1.82, 2.24) is 0 Å². The Hall–Kier alpha value is -4.78. The number of benzene rings is 2. The Balaban J connectivity index is 1.70. The van der Waals surface area contributed by atoms with Gasteiger partial charge in [0, 0.05) is 33.8 Å². The van der Waals surface area contributed by atoms with Gasteiger partial charge in [-0.15, -0.1) is 0 Å². The third kappa shape index (κ3) is 7.10. The van der Waals surface area contributed by atoms with Crippen molar-refractivity contribution < 1.29 is 56.4 Å².